The molecule has 0 bridgehead atoms. The predicted octanol–water partition coefficient (Wildman–Crippen LogP) is 1.27. The molecular weight excluding hydrogens is 200 g/mol. The van der Waals surface area contributed by atoms with Crippen LogP contribution in [0.4, 0.5) is 0 Å². The molecule has 0 spiro atoms. The molecule has 4 heteroatoms. The highest BCUT2D eigenvalue weighted by molar-refractivity contribution is 5.00. The van der Waals surface area contributed by atoms with Crippen LogP contribution in [0.2, 0.25) is 0 Å². The number of hydrogen-bond donors (Lipinski definition) is 2. The molecule has 1 aromatic heterocycles. The van der Waals surface area contributed by atoms with E-state index in [1.54, 1.807) is 12.4 Å². The highest BCUT2D eigenvalue weighted by Crippen LogP contribution is 2.09. The molecule has 4 nitrogen and oxygen atoms in total. The van der Waals surface area contributed by atoms with Crippen molar-refractivity contribution < 1.29 is 0 Å². The van der Waals surface area contributed by atoms with E-state index in [0.29, 0.717) is 6.04 Å². The van der Waals surface area contributed by atoms with Gasteiger partial charge in [-0.25, -0.2) is 0 Å². The molecule has 0 aliphatic carbocycles. The third kappa shape index (κ3) is 3.25. The second-order valence-electron chi connectivity index (χ2n) is 4.41. The average Bonchev–Trinajstić information content (AvgIpc) is 2.38. The van der Waals surface area contributed by atoms with E-state index in [2.05, 4.69) is 27.5 Å². The first-order valence-corrected chi connectivity index (χ1v) is 6.09. The Labute approximate surface area is 96.9 Å². The number of piperidine rings is 1. The van der Waals surface area contributed by atoms with Crippen molar-refractivity contribution in [1.82, 2.24) is 20.6 Å². The molecule has 2 heterocycles. The molecule has 1 aliphatic heterocycles. The number of rotatable bonds is 4. The second kappa shape index (κ2) is 5.92. The van der Waals surface area contributed by atoms with Gasteiger partial charge in [0.15, 0.2) is 0 Å². The summed E-state index contributed by atoms with van der Waals surface area (Å²) in [4.78, 5) is 8.38. The normalized spacial score (nSPS) is 22.9. The molecule has 1 saturated heterocycles. The summed E-state index contributed by atoms with van der Waals surface area (Å²) in [7, 11) is 0. The van der Waals surface area contributed by atoms with Gasteiger partial charge < -0.3 is 10.6 Å². The fourth-order valence-electron chi connectivity index (χ4n) is 2.06. The van der Waals surface area contributed by atoms with Gasteiger partial charge in [0.1, 0.15) is 0 Å². The number of hydrogen-bond acceptors (Lipinski definition) is 4. The minimum absolute atomic E-state index is 0.275. The van der Waals surface area contributed by atoms with Crippen molar-refractivity contribution in [3.63, 3.8) is 0 Å². The van der Waals surface area contributed by atoms with Crippen molar-refractivity contribution >= 4 is 0 Å². The van der Waals surface area contributed by atoms with Crippen LogP contribution in [-0.4, -0.2) is 29.1 Å². The first-order valence-electron chi connectivity index (χ1n) is 6.09. The molecule has 16 heavy (non-hydrogen) atoms. The largest absolute Gasteiger partial charge is 0.313 e. The Morgan fingerprint density at radius 3 is 3.12 bits per heavy atom. The van der Waals surface area contributed by atoms with Crippen molar-refractivity contribution in [2.24, 2.45) is 0 Å². The van der Waals surface area contributed by atoms with Crippen LogP contribution in [0.3, 0.4) is 0 Å². The summed E-state index contributed by atoms with van der Waals surface area (Å²) in [5.74, 6) is 0. The van der Waals surface area contributed by atoms with Crippen LogP contribution in [0.15, 0.2) is 18.6 Å². The monoisotopic (exact) mass is 220 g/mol. The van der Waals surface area contributed by atoms with Gasteiger partial charge in [0.2, 0.25) is 0 Å². The molecule has 88 valence electrons. The zero-order chi connectivity index (χ0) is 11.2. The Hall–Kier alpha value is -1.00. The number of nitrogens with zero attached hydrogens (tertiary/aromatic N) is 2. The molecule has 2 rings (SSSR count). The minimum Gasteiger partial charge on any atom is -0.313 e. The highest BCUT2D eigenvalue weighted by atomic mass is 15.0. The molecule has 0 saturated carbocycles. The van der Waals surface area contributed by atoms with E-state index in [0.717, 1.165) is 18.8 Å². The maximum absolute atomic E-state index is 4.30. The van der Waals surface area contributed by atoms with E-state index in [1.165, 1.54) is 19.3 Å². The van der Waals surface area contributed by atoms with Crippen molar-refractivity contribution in [3.05, 3.63) is 24.3 Å². The molecule has 1 aliphatic rings. The molecule has 2 N–H and O–H groups in total. The first-order chi connectivity index (χ1) is 7.86. The molecule has 0 aromatic carbocycles. The van der Waals surface area contributed by atoms with Crippen molar-refractivity contribution in [2.45, 2.75) is 38.3 Å². The van der Waals surface area contributed by atoms with Gasteiger partial charge in [-0.2, -0.15) is 0 Å². The lowest BCUT2D eigenvalue weighted by atomic mass is 10.0. The van der Waals surface area contributed by atoms with Crippen LogP contribution < -0.4 is 10.6 Å². The summed E-state index contributed by atoms with van der Waals surface area (Å²) in [6.07, 6.45) is 9.21. The summed E-state index contributed by atoms with van der Waals surface area (Å²) >= 11 is 0. The molecule has 0 radical (unpaired) electrons. The second-order valence-corrected chi connectivity index (χ2v) is 4.41. The van der Waals surface area contributed by atoms with Gasteiger partial charge in [-0.3, -0.25) is 9.97 Å². The number of aromatic nitrogens is 2. The topological polar surface area (TPSA) is 49.8 Å². The van der Waals surface area contributed by atoms with Crippen LogP contribution in [0.5, 0.6) is 0 Å². The van der Waals surface area contributed by atoms with E-state index in [-0.39, 0.29) is 6.04 Å². The Balaban J connectivity index is 1.77. The van der Waals surface area contributed by atoms with Crippen LogP contribution in [0, 0.1) is 0 Å². The zero-order valence-electron chi connectivity index (χ0n) is 9.82. The van der Waals surface area contributed by atoms with E-state index in [1.807, 2.05) is 6.20 Å². The third-order valence-electron chi connectivity index (χ3n) is 3.11. The Morgan fingerprint density at radius 2 is 2.44 bits per heavy atom. The van der Waals surface area contributed by atoms with Crippen LogP contribution in [0.25, 0.3) is 0 Å². The molecular formula is C12H20N4. The molecule has 1 fully saturated rings. The summed E-state index contributed by atoms with van der Waals surface area (Å²) < 4.78 is 0. The lowest BCUT2D eigenvalue weighted by molar-refractivity contribution is 0.370. The lowest BCUT2D eigenvalue weighted by Crippen LogP contribution is -2.42. The molecule has 0 unspecified atom stereocenters. The molecule has 2 atom stereocenters. The van der Waals surface area contributed by atoms with E-state index in [9.17, 15) is 0 Å². The lowest BCUT2D eigenvalue weighted by Gasteiger charge is -2.25. The smallest absolute Gasteiger partial charge is 0.0753 e. The quantitative estimate of drug-likeness (QED) is 0.802. The maximum Gasteiger partial charge on any atom is 0.0753 e. The predicted molar refractivity (Wildman–Crippen MR) is 64.1 cm³/mol. The van der Waals surface area contributed by atoms with Gasteiger partial charge in [-0.15, -0.1) is 0 Å². The zero-order valence-corrected chi connectivity index (χ0v) is 9.82. The molecule has 0 amide bonds. The van der Waals surface area contributed by atoms with Gasteiger partial charge in [0.25, 0.3) is 0 Å². The summed E-state index contributed by atoms with van der Waals surface area (Å²) in [6, 6.07) is 0.894. The van der Waals surface area contributed by atoms with Gasteiger partial charge in [-0.05, 0) is 26.3 Å². The summed E-state index contributed by atoms with van der Waals surface area (Å²) in [5, 5.41) is 7.03. The van der Waals surface area contributed by atoms with Gasteiger partial charge in [0.05, 0.1) is 5.69 Å². The fourth-order valence-corrected chi connectivity index (χ4v) is 2.06. The van der Waals surface area contributed by atoms with Crippen LogP contribution in [0.1, 0.15) is 37.9 Å². The first kappa shape index (κ1) is 11.5. The van der Waals surface area contributed by atoms with Crippen LogP contribution >= 0.6 is 0 Å². The average molecular weight is 220 g/mol. The van der Waals surface area contributed by atoms with E-state index >= 15 is 0 Å². The SMILES string of the molecule is C[C@H](NC[C@@H]1CCCCN1)c1cnccn1. The van der Waals surface area contributed by atoms with Gasteiger partial charge >= 0.3 is 0 Å². The van der Waals surface area contributed by atoms with Crippen molar-refractivity contribution in [1.29, 1.82) is 0 Å². The van der Waals surface area contributed by atoms with Crippen molar-refractivity contribution in [2.75, 3.05) is 13.1 Å². The Morgan fingerprint density at radius 1 is 1.50 bits per heavy atom. The van der Waals surface area contributed by atoms with Gasteiger partial charge in [-0.1, -0.05) is 6.42 Å². The van der Waals surface area contributed by atoms with E-state index < -0.39 is 0 Å². The fraction of sp³-hybridized carbons (Fsp3) is 0.667. The van der Waals surface area contributed by atoms with Crippen molar-refractivity contribution in [3.8, 4) is 0 Å². The molecule has 1 aromatic rings. The summed E-state index contributed by atoms with van der Waals surface area (Å²) in [5.41, 5.74) is 1.01. The Kier molecular flexibility index (Phi) is 4.25. The standard InChI is InChI=1S/C12H20N4/c1-10(12-9-13-6-7-15-12)16-8-11-4-2-3-5-14-11/h6-7,9-11,14,16H,2-5,8H2,1H3/t10-,11-/m0/s1. The van der Waals surface area contributed by atoms with Crippen LogP contribution in [-0.2, 0) is 0 Å². The number of nitrogens with one attached hydrogen (secondary N) is 2. The van der Waals surface area contributed by atoms with Gasteiger partial charge in [0, 0.05) is 37.2 Å². The highest BCUT2D eigenvalue weighted by Gasteiger charge is 2.14. The Bertz CT molecular complexity index is 295. The minimum atomic E-state index is 0.275. The van der Waals surface area contributed by atoms with E-state index in [4.69, 9.17) is 0 Å². The third-order valence-corrected chi connectivity index (χ3v) is 3.11. The maximum atomic E-state index is 4.30. The summed E-state index contributed by atoms with van der Waals surface area (Å²) in [6.45, 7) is 4.30.